The van der Waals surface area contributed by atoms with Crippen LogP contribution in [0, 0.1) is 5.41 Å². The number of nitrogens with one attached hydrogen (secondary N) is 1. The molecule has 164 valence electrons. The number of aliphatic hydroxyl groups excluding tert-OH is 1. The van der Waals surface area contributed by atoms with E-state index in [1.54, 1.807) is 18.3 Å². The lowest BCUT2D eigenvalue weighted by molar-refractivity contribution is -0.137. The van der Waals surface area contributed by atoms with Crippen molar-refractivity contribution in [3.05, 3.63) is 46.7 Å². The number of hydrogen-bond donors (Lipinski definition) is 2. The van der Waals surface area contributed by atoms with E-state index in [0.717, 1.165) is 11.8 Å². The standard InChI is InChI=1S/C20H17ClF3N3O4/c1-30-15-4-9(2-3-25-15)18-8-19(18,13-6-12(28)16(18)31-13)17(29)27-14-5-10(20(22,23)24)11(21)7-26-14/h2-5,7,12-13,16,28H,6,8H2,1H3,(H,26,27,29). The van der Waals surface area contributed by atoms with Crippen LogP contribution in [0.3, 0.4) is 0 Å². The molecule has 0 spiro atoms. The normalized spacial score (nSPS) is 33.2. The number of hydrogen-bond acceptors (Lipinski definition) is 6. The number of methoxy groups -OCH3 is 1. The van der Waals surface area contributed by atoms with Crippen molar-refractivity contribution < 1.29 is 32.5 Å². The van der Waals surface area contributed by atoms with Crippen LogP contribution in [0.25, 0.3) is 0 Å². The zero-order valence-corrected chi connectivity index (χ0v) is 16.9. The summed E-state index contributed by atoms with van der Waals surface area (Å²) in [5.41, 5.74) is -2.23. The number of nitrogens with zero attached hydrogens (tertiary/aromatic N) is 2. The fourth-order valence-corrected chi connectivity index (χ4v) is 5.49. The van der Waals surface area contributed by atoms with Gasteiger partial charge in [0.1, 0.15) is 5.82 Å². The Morgan fingerprint density at radius 1 is 1.39 bits per heavy atom. The lowest BCUT2D eigenvalue weighted by Crippen LogP contribution is -2.44. The van der Waals surface area contributed by atoms with Gasteiger partial charge in [-0.3, -0.25) is 4.79 Å². The average molecular weight is 456 g/mol. The SMILES string of the molecule is COc1cc(C23CC2(C(=O)Nc2cc(C(F)(F)F)c(Cl)cn2)C2CC(O)C3O2)ccn1. The molecule has 0 radical (unpaired) electrons. The second kappa shape index (κ2) is 6.54. The molecule has 3 aliphatic rings. The highest BCUT2D eigenvalue weighted by Gasteiger charge is 2.87. The number of rotatable bonds is 4. The van der Waals surface area contributed by atoms with Gasteiger partial charge in [-0.15, -0.1) is 0 Å². The first-order chi connectivity index (χ1) is 14.6. The van der Waals surface area contributed by atoms with Crippen molar-refractivity contribution >= 4 is 23.3 Å². The van der Waals surface area contributed by atoms with Gasteiger partial charge in [-0.25, -0.2) is 9.97 Å². The first-order valence-corrected chi connectivity index (χ1v) is 9.89. The van der Waals surface area contributed by atoms with E-state index in [1.165, 1.54) is 7.11 Å². The number of carbonyl (C=O) groups excluding carboxylic acids is 1. The summed E-state index contributed by atoms with van der Waals surface area (Å²) in [6.45, 7) is 0. The minimum absolute atomic E-state index is 0.257. The molecule has 1 amide bonds. The predicted octanol–water partition coefficient (Wildman–Crippen LogP) is 2.96. The number of alkyl halides is 3. The molecule has 7 nitrogen and oxygen atoms in total. The first-order valence-electron chi connectivity index (χ1n) is 9.52. The maximum absolute atomic E-state index is 13.4. The number of aliphatic hydroxyl groups is 1. The topological polar surface area (TPSA) is 93.6 Å². The number of pyridine rings is 2. The Morgan fingerprint density at radius 2 is 2.16 bits per heavy atom. The highest BCUT2D eigenvalue weighted by atomic mass is 35.5. The van der Waals surface area contributed by atoms with Gasteiger partial charge in [0.15, 0.2) is 0 Å². The van der Waals surface area contributed by atoms with E-state index >= 15 is 0 Å². The molecular formula is C20H17ClF3N3O4. The molecule has 31 heavy (non-hydrogen) atoms. The van der Waals surface area contributed by atoms with Gasteiger partial charge < -0.3 is 19.9 Å². The van der Waals surface area contributed by atoms with Gasteiger partial charge in [-0.2, -0.15) is 13.2 Å². The van der Waals surface area contributed by atoms with E-state index in [-0.39, 0.29) is 12.2 Å². The molecule has 2 bridgehead atoms. The Hall–Kier alpha value is -2.43. The molecule has 1 saturated carbocycles. The lowest BCUT2D eigenvalue weighted by Gasteiger charge is -2.29. The van der Waals surface area contributed by atoms with Gasteiger partial charge >= 0.3 is 6.18 Å². The van der Waals surface area contributed by atoms with Crippen molar-refractivity contribution in [2.75, 3.05) is 12.4 Å². The van der Waals surface area contributed by atoms with E-state index in [0.29, 0.717) is 18.4 Å². The fourth-order valence-electron chi connectivity index (χ4n) is 5.28. The van der Waals surface area contributed by atoms with Crippen molar-refractivity contribution in [3.63, 3.8) is 0 Å². The summed E-state index contributed by atoms with van der Waals surface area (Å²) in [7, 11) is 1.47. The highest BCUT2D eigenvalue weighted by Crippen LogP contribution is 2.77. The number of ether oxygens (including phenoxy) is 2. The summed E-state index contributed by atoms with van der Waals surface area (Å²) in [5.74, 6) is -0.419. The third-order valence-electron chi connectivity index (χ3n) is 6.65. The molecule has 2 N–H and O–H groups in total. The molecule has 5 rings (SSSR count). The Labute approximate surface area is 179 Å². The number of amides is 1. The molecule has 5 atom stereocenters. The minimum Gasteiger partial charge on any atom is -0.481 e. The molecule has 11 heteroatoms. The van der Waals surface area contributed by atoms with E-state index in [9.17, 15) is 23.1 Å². The molecule has 2 aromatic heterocycles. The quantitative estimate of drug-likeness (QED) is 0.736. The molecule has 2 aliphatic heterocycles. The fraction of sp³-hybridized carbons (Fsp3) is 0.450. The third-order valence-corrected chi connectivity index (χ3v) is 6.95. The van der Waals surface area contributed by atoms with E-state index in [2.05, 4.69) is 15.3 Å². The van der Waals surface area contributed by atoms with Gasteiger partial charge in [0.05, 0.1) is 41.4 Å². The number of anilines is 1. The molecule has 5 unspecified atom stereocenters. The summed E-state index contributed by atoms with van der Waals surface area (Å²) in [6, 6.07) is 4.13. The highest BCUT2D eigenvalue weighted by molar-refractivity contribution is 6.31. The Bertz CT molecular complexity index is 1080. The maximum atomic E-state index is 13.4. The van der Waals surface area contributed by atoms with Crippen LogP contribution in [0.1, 0.15) is 24.0 Å². The molecule has 4 heterocycles. The van der Waals surface area contributed by atoms with Gasteiger partial charge in [-0.05, 0) is 24.1 Å². The van der Waals surface area contributed by atoms with Crippen LogP contribution < -0.4 is 10.1 Å². The van der Waals surface area contributed by atoms with Crippen LogP contribution >= 0.6 is 11.6 Å². The molecule has 0 aromatic carbocycles. The van der Waals surface area contributed by atoms with Crippen LogP contribution in [0.4, 0.5) is 19.0 Å². The van der Waals surface area contributed by atoms with Crippen molar-refractivity contribution in [3.8, 4) is 5.88 Å². The third kappa shape index (κ3) is 2.71. The van der Waals surface area contributed by atoms with Crippen molar-refractivity contribution in [1.29, 1.82) is 0 Å². The Kier molecular flexibility index (Phi) is 4.32. The maximum Gasteiger partial charge on any atom is 0.418 e. The average Bonchev–Trinajstić information content (AvgIpc) is 3.22. The van der Waals surface area contributed by atoms with Crippen LogP contribution in [0.15, 0.2) is 30.6 Å². The minimum atomic E-state index is -4.69. The predicted molar refractivity (Wildman–Crippen MR) is 102 cm³/mol. The summed E-state index contributed by atoms with van der Waals surface area (Å²) in [5, 5.41) is 12.4. The van der Waals surface area contributed by atoms with Crippen molar-refractivity contribution in [1.82, 2.24) is 9.97 Å². The first kappa shape index (κ1) is 20.5. The van der Waals surface area contributed by atoms with Gasteiger partial charge in [0.2, 0.25) is 11.8 Å². The number of aromatic nitrogens is 2. The second-order valence-corrected chi connectivity index (χ2v) is 8.46. The van der Waals surface area contributed by atoms with E-state index in [1.807, 2.05) is 0 Å². The van der Waals surface area contributed by atoms with E-state index in [4.69, 9.17) is 21.1 Å². The van der Waals surface area contributed by atoms with Crippen molar-refractivity contribution in [2.45, 2.75) is 42.7 Å². The van der Waals surface area contributed by atoms with Crippen LogP contribution in [-0.4, -0.2) is 46.4 Å². The van der Waals surface area contributed by atoms with E-state index < -0.39 is 51.8 Å². The summed E-state index contributed by atoms with van der Waals surface area (Å²) >= 11 is 5.62. The molecule has 1 aliphatic carbocycles. The van der Waals surface area contributed by atoms with Gasteiger partial charge in [0, 0.05) is 30.3 Å². The molecule has 3 fully saturated rings. The number of carbonyl (C=O) groups is 1. The molecular weight excluding hydrogens is 439 g/mol. The van der Waals surface area contributed by atoms with Crippen molar-refractivity contribution in [2.24, 2.45) is 5.41 Å². The van der Waals surface area contributed by atoms with Gasteiger partial charge in [0.25, 0.3) is 0 Å². The second-order valence-electron chi connectivity index (χ2n) is 8.06. The smallest absolute Gasteiger partial charge is 0.418 e. The van der Waals surface area contributed by atoms with Gasteiger partial charge in [-0.1, -0.05) is 11.6 Å². The summed E-state index contributed by atoms with van der Waals surface area (Å²) < 4.78 is 50.7. The monoisotopic (exact) mass is 455 g/mol. The molecule has 2 saturated heterocycles. The largest absolute Gasteiger partial charge is 0.481 e. The number of halogens is 4. The summed E-state index contributed by atoms with van der Waals surface area (Å²) in [6.07, 6.45) is -3.58. The zero-order chi connectivity index (χ0) is 22.2. The number of fused-ring (bicyclic) bond motifs is 5. The Morgan fingerprint density at radius 3 is 2.87 bits per heavy atom. The lowest BCUT2D eigenvalue weighted by atomic mass is 9.74. The van der Waals surface area contributed by atoms with Crippen LogP contribution in [0.2, 0.25) is 5.02 Å². The Balaban J connectivity index is 1.51. The molecule has 2 aromatic rings. The summed E-state index contributed by atoms with van der Waals surface area (Å²) in [4.78, 5) is 21.3. The zero-order valence-electron chi connectivity index (χ0n) is 16.1. The van der Waals surface area contributed by atoms with Crippen LogP contribution in [0.5, 0.6) is 5.88 Å². The van der Waals surface area contributed by atoms with Crippen LogP contribution in [-0.2, 0) is 21.1 Å².